The van der Waals surface area contributed by atoms with Crippen molar-refractivity contribution >= 4 is 11.4 Å². The summed E-state index contributed by atoms with van der Waals surface area (Å²) in [6, 6.07) is 20.8. The van der Waals surface area contributed by atoms with Gasteiger partial charge in [0.15, 0.2) is 0 Å². The Morgan fingerprint density at radius 2 is 1.50 bits per heavy atom. The molecule has 5 aliphatic rings. The Labute approximate surface area is 279 Å². The quantitative estimate of drug-likeness (QED) is 0.184. The first-order valence-corrected chi connectivity index (χ1v) is 18.3. The minimum Gasteiger partial charge on any atom is -0.305 e. The molecule has 9 atom stereocenters. The Morgan fingerprint density at radius 3 is 2.22 bits per heavy atom. The molecule has 5 aliphatic carbocycles. The first-order chi connectivity index (χ1) is 21.9. The first kappa shape index (κ1) is 31.7. The molecule has 0 aliphatic heterocycles. The van der Waals surface area contributed by atoms with Gasteiger partial charge in [0.25, 0.3) is 0 Å². The molecule has 0 heterocycles. The van der Waals surface area contributed by atoms with Crippen LogP contribution in [0.5, 0.6) is 0 Å². The molecule has 2 aromatic rings. The molecule has 0 spiro atoms. The van der Waals surface area contributed by atoms with Crippen LogP contribution in [-0.4, -0.2) is 6.54 Å². The second-order valence-corrected chi connectivity index (χ2v) is 17.4. The predicted molar refractivity (Wildman–Crippen MR) is 191 cm³/mol. The highest BCUT2D eigenvalue weighted by molar-refractivity contribution is 5.42. The molecular weight excluding hydrogens is 560 g/mol. The number of nitrogens with one attached hydrogen (secondary N) is 2. The normalized spacial score (nSPS) is 41.0. The van der Waals surface area contributed by atoms with Gasteiger partial charge in [-0.15, -0.1) is 0 Å². The molecule has 4 fully saturated rings. The molecule has 0 saturated heterocycles. The van der Waals surface area contributed by atoms with Crippen molar-refractivity contribution in [2.45, 2.75) is 99.3 Å². The Morgan fingerprint density at radius 1 is 0.783 bits per heavy atom. The van der Waals surface area contributed by atoms with Crippen LogP contribution in [0.2, 0.25) is 0 Å². The predicted octanol–water partition coefficient (Wildman–Crippen LogP) is 11.5. The van der Waals surface area contributed by atoms with Crippen LogP contribution in [0.4, 0.5) is 11.4 Å². The lowest BCUT2D eigenvalue weighted by atomic mass is 9.32. The standard InChI is InChI=1S/C42H58N4/c1-29(2)32-20-25-42(28-43-44-30-14-10-8-11-15-30)27-26-40(6)33(37(32)42)18-19-35-39(5)23-22-36(46-45-31-16-12-9-13-17-31)38(3,4)34(39)21-24-41(35,40)7/h8-17,22,32-35,37,45-46H,1,18-21,23-28H2,2-7H3/t32?,33-,34+,35-,37?,39+,40-,41-,42?/m1/s1. The number of para-hydroxylation sites is 1. The number of allylic oxidation sites excluding steroid dienone is 3. The third-order valence-corrected chi connectivity index (χ3v) is 15.3. The van der Waals surface area contributed by atoms with E-state index in [4.69, 9.17) is 10.2 Å². The number of anilines is 1. The topological polar surface area (TPSA) is 48.8 Å². The van der Waals surface area contributed by atoms with E-state index in [0.29, 0.717) is 34.0 Å². The Hall–Kier alpha value is -2.88. The Bertz CT molecular complexity index is 1490. The summed E-state index contributed by atoms with van der Waals surface area (Å²) in [6.45, 7) is 21.0. The van der Waals surface area contributed by atoms with E-state index in [1.807, 2.05) is 0 Å². The number of hydrazine groups is 1. The first-order valence-electron chi connectivity index (χ1n) is 18.3. The van der Waals surface area contributed by atoms with E-state index < -0.39 is 0 Å². The van der Waals surface area contributed by atoms with Crippen LogP contribution in [0.25, 0.3) is 0 Å². The number of hydrogen-bond donors (Lipinski definition) is 2. The van der Waals surface area contributed by atoms with E-state index in [1.165, 1.54) is 69.1 Å². The average molecular weight is 619 g/mol. The van der Waals surface area contributed by atoms with E-state index in [1.54, 1.807) is 0 Å². The van der Waals surface area contributed by atoms with Crippen LogP contribution in [0.1, 0.15) is 99.3 Å². The summed E-state index contributed by atoms with van der Waals surface area (Å²) in [6.07, 6.45) is 14.3. The zero-order valence-electron chi connectivity index (χ0n) is 29.4. The number of rotatable bonds is 7. The lowest BCUT2D eigenvalue weighted by Gasteiger charge is -2.72. The summed E-state index contributed by atoms with van der Waals surface area (Å²) in [4.78, 5) is 0. The van der Waals surface area contributed by atoms with Gasteiger partial charge in [-0.2, -0.15) is 10.2 Å². The van der Waals surface area contributed by atoms with Crippen LogP contribution in [0.15, 0.2) is 94.8 Å². The molecule has 0 aromatic heterocycles. The van der Waals surface area contributed by atoms with Gasteiger partial charge in [0.1, 0.15) is 0 Å². The molecule has 0 amide bonds. The molecule has 2 aromatic carbocycles. The minimum absolute atomic E-state index is 0.0931. The lowest BCUT2D eigenvalue weighted by molar-refractivity contribution is -0.226. The zero-order valence-corrected chi connectivity index (χ0v) is 29.4. The number of fused-ring (bicyclic) bond motifs is 7. The monoisotopic (exact) mass is 618 g/mol. The number of nitrogens with zero attached hydrogens (tertiary/aromatic N) is 2. The largest absolute Gasteiger partial charge is 0.305 e. The molecule has 4 nitrogen and oxygen atoms in total. The van der Waals surface area contributed by atoms with Gasteiger partial charge in [-0.1, -0.05) is 89.2 Å². The molecule has 4 heteroatoms. The third-order valence-electron chi connectivity index (χ3n) is 15.3. The summed E-state index contributed by atoms with van der Waals surface area (Å²) >= 11 is 0. The minimum atomic E-state index is 0.0931. The maximum atomic E-state index is 4.95. The lowest BCUT2D eigenvalue weighted by Crippen LogP contribution is -2.66. The van der Waals surface area contributed by atoms with Crippen LogP contribution in [-0.2, 0) is 0 Å². The average Bonchev–Trinajstić information content (AvgIpc) is 3.42. The molecule has 4 saturated carbocycles. The van der Waals surface area contributed by atoms with E-state index in [9.17, 15) is 0 Å². The fourth-order valence-electron chi connectivity index (χ4n) is 12.8. The molecule has 7 rings (SSSR count). The summed E-state index contributed by atoms with van der Waals surface area (Å²) < 4.78 is 0. The highest BCUT2D eigenvalue weighted by Crippen LogP contribution is 2.77. The fraction of sp³-hybridized carbons (Fsp3) is 0.619. The molecule has 46 heavy (non-hydrogen) atoms. The Kier molecular flexibility index (Phi) is 7.84. The van der Waals surface area contributed by atoms with Crippen molar-refractivity contribution in [2.24, 2.45) is 66.9 Å². The zero-order chi connectivity index (χ0) is 32.4. The molecule has 246 valence electrons. The molecule has 2 N–H and O–H groups in total. The summed E-state index contributed by atoms with van der Waals surface area (Å²) in [5.41, 5.74) is 13.4. The third kappa shape index (κ3) is 4.74. The van der Waals surface area contributed by atoms with Crippen LogP contribution in [0, 0.1) is 56.7 Å². The summed E-state index contributed by atoms with van der Waals surface area (Å²) in [5.74, 6) is 3.43. The van der Waals surface area contributed by atoms with Gasteiger partial charge in [0.2, 0.25) is 0 Å². The maximum Gasteiger partial charge on any atom is 0.0852 e. The molecule has 3 unspecified atom stereocenters. The maximum absolute atomic E-state index is 4.95. The van der Waals surface area contributed by atoms with Gasteiger partial charge in [-0.3, -0.25) is 0 Å². The number of azo groups is 1. The second-order valence-electron chi connectivity index (χ2n) is 17.4. The number of hydrogen-bond acceptors (Lipinski definition) is 4. The highest BCUT2D eigenvalue weighted by Gasteiger charge is 2.70. The van der Waals surface area contributed by atoms with Crippen molar-refractivity contribution < 1.29 is 0 Å². The molecule has 0 bridgehead atoms. The van der Waals surface area contributed by atoms with Gasteiger partial charge in [-0.25, -0.2) is 0 Å². The van der Waals surface area contributed by atoms with Crippen molar-refractivity contribution in [3.63, 3.8) is 0 Å². The fourth-order valence-corrected chi connectivity index (χ4v) is 12.8. The van der Waals surface area contributed by atoms with Gasteiger partial charge >= 0.3 is 0 Å². The summed E-state index contributed by atoms with van der Waals surface area (Å²) in [7, 11) is 0. The SMILES string of the molecule is C=C(C)C1CCC2(CN=Nc3ccccc3)CC[C@]3(C)[C@H](CC[C@@H]4[C@@]5(C)CC=C(NNc6ccccc6)C(C)(C)[C@@H]5CC[C@]43C)C12. The van der Waals surface area contributed by atoms with E-state index in [0.717, 1.165) is 29.8 Å². The summed E-state index contributed by atoms with van der Waals surface area (Å²) in [5, 5.41) is 9.67. The van der Waals surface area contributed by atoms with Gasteiger partial charge in [-0.05, 0) is 140 Å². The van der Waals surface area contributed by atoms with E-state index >= 15 is 0 Å². The van der Waals surface area contributed by atoms with Crippen LogP contribution >= 0.6 is 0 Å². The van der Waals surface area contributed by atoms with E-state index in [-0.39, 0.29) is 10.8 Å². The molecular formula is C42H58N4. The van der Waals surface area contributed by atoms with Crippen molar-refractivity contribution in [1.29, 1.82) is 0 Å². The van der Waals surface area contributed by atoms with Gasteiger partial charge in [0, 0.05) is 11.1 Å². The van der Waals surface area contributed by atoms with Gasteiger partial charge in [0.05, 0.1) is 17.9 Å². The van der Waals surface area contributed by atoms with E-state index in [2.05, 4.69) is 126 Å². The van der Waals surface area contributed by atoms with Crippen molar-refractivity contribution in [1.82, 2.24) is 5.43 Å². The van der Waals surface area contributed by atoms with Crippen molar-refractivity contribution in [3.05, 3.63) is 84.6 Å². The van der Waals surface area contributed by atoms with Crippen LogP contribution in [0.3, 0.4) is 0 Å². The highest BCUT2D eigenvalue weighted by atomic mass is 15.4. The second kappa shape index (κ2) is 11.4. The van der Waals surface area contributed by atoms with Crippen molar-refractivity contribution in [2.75, 3.05) is 12.0 Å². The van der Waals surface area contributed by atoms with Crippen LogP contribution < -0.4 is 10.9 Å². The Balaban J connectivity index is 1.17. The smallest absolute Gasteiger partial charge is 0.0852 e. The molecule has 0 radical (unpaired) electrons. The van der Waals surface area contributed by atoms with Crippen molar-refractivity contribution in [3.8, 4) is 0 Å². The number of benzene rings is 2. The van der Waals surface area contributed by atoms with Gasteiger partial charge < -0.3 is 10.9 Å².